The van der Waals surface area contributed by atoms with Gasteiger partial charge in [0, 0.05) is 18.4 Å². The van der Waals surface area contributed by atoms with Crippen LogP contribution in [-0.2, 0) is 14.3 Å². The molecule has 3 aliphatic rings. The summed E-state index contributed by atoms with van der Waals surface area (Å²) in [7, 11) is 0. The molecule has 182 valence electrons. The maximum Gasteiger partial charge on any atom is 0.407 e. The van der Waals surface area contributed by atoms with Crippen LogP contribution in [0.4, 0.5) is 4.79 Å². The molecule has 0 aliphatic heterocycles. The quantitative estimate of drug-likeness (QED) is 0.517. The van der Waals surface area contributed by atoms with Crippen molar-refractivity contribution in [2.75, 3.05) is 6.61 Å². The zero-order valence-corrected chi connectivity index (χ0v) is 19.5. The van der Waals surface area contributed by atoms with E-state index in [0.29, 0.717) is 19.3 Å². The van der Waals surface area contributed by atoms with E-state index < -0.39 is 23.5 Å². The first-order chi connectivity index (χ1) is 16.9. The van der Waals surface area contributed by atoms with E-state index in [1.807, 2.05) is 24.3 Å². The topological polar surface area (TPSA) is 105 Å². The van der Waals surface area contributed by atoms with Crippen molar-refractivity contribution in [3.05, 3.63) is 71.8 Å². The summed E-state index contributed by atoms with van der Waals surface area (Å²) in [6.07, 6.45) is 6.64. The Kier molecular flexibility index (Phi) is 6.32. The molecular weight excluding hydrogens is 444 g/mol. The van der Waals surface area contributed by atoms with Crippen molar-refractivity contribution in [3.63, 3.8) is 0 Å². The second-order valence-corrected chi connectivity index (χ2v) is 9.85. The first-order valence-corrected chi connectivity index (χ1v) is 12.3. The van der Waals surface area contributed by atoms with Crippen molar-refractivity contribution in [1.29, 1.82) is 0 Å². The Morgan fingerprint density at radius 2 is 1.57 bits per heavy atom. The molecule has 3 aliphatic carbocycles. The number of hydrogen-bond donors (Lipinski definition) is 3. The third-order valence-corrected chi connectivity index (χ3v) is 7.52. The third-order valence-electron chi connectivity index (χ3n) is 7.52. The molecule has 7 heteroatoms. The molecule has 0 bridgehead atoms. The van der Waals surface area contributed by atoms with Crippen molar-refractivity contribution in [2.45, 2.75) is 56.0 Å². The zero-order chi connectivity index (χ0) is 24.4. The van der Waals surface area contributed by atoms with Gasteiger partial charge in [0.15, 0.2) is 0 Å². The average Bonchev–Trinajstić information content (AvgIpc) is 3.56. The second-order valence-electron chi connectivity index (χ2n) is 9.85. The maximum absolute atomic E-state index is 12.9. The summed E-state index contributed by atoms with van der Waals surface area (Å²) >= 11 is 0. The fourth-order valence-corrected chi connectivity index (χ4v) is 5.80. The Labute approximate surface area is 204 Å². The van der Waals surface area contributed by atoms with Gasteiger partial charge in [-0.3, -0.25) is 9.59 Å². The number of fused-ring (bicyclic) bond motifs is 3. The SMILES string of the molecule is O=C(CC1(NC(=O)OCC2c3ccccc3-c3ccccc32)CCCC1)NC1C=CC(C(=O)O)C1. The summed E-state index contributed by atoms with van der Waals surface area (Å²) in [4.78, 5) is 36.8. The van der Waals surface area contributed by atoms with E-state index in [9.17, 15) is 14.4 Å². The Morgan fingerprint density at radius 1 is 0.943 bits per heavy atom. The normalized spacial score (nSPS) is 21.8. The van der Waals surface area contributed by atoms with Crippen LogP contribution in [0.1, 0.15) is 55.6 Å². The molecule has 1 fully saturated rings. The van der Waals surface area contributed by atoms with E-state index in [1.165, 1.54) is 11.1 Å². The number of amides is 2. The molecule has 2 aromatic carbocycles. The Morgan fingerprint density at radius 3 is 2.17 bits per heavy atom. The Hall–Kier alpha value is -3.61. The van der Waals surface area contributed by atoms with Crippen molar-refractivity contribution in [3.8, 4) is 11.1 Å². The summed E-state index contributed by atoms with van der Waals surface area (Å²) in [6.45, 7) is 0.228. The summed E-state index contributed by atoms with van der Waals surface area (Å²) in [5, 5.41) is 15.1. The van der Waals surface area contributed by atoms with Crippen molar-refractivity contribution in [1.82, 2.24) is 10.6 Å². The van der Waals surface area contributed by atoms with Crippen LogP contribution in [-0.4, -0.2) is 41.3 Å². The Bertz CT molecular complexity index is 1120. The third kappa shape index (κ3) is 4.81. The van der Waals surface area contributed by atoms with Crippen molar-refractivity contribution >= 4 is 18.0 Å². The van der Waals surface area contributed by atoms with Crippen LogP contribution in [0, 0.1) is 5.92 Å². The van der Waals surface area contributed by atoms with Gasteiger partial charge in [-0.15, -0.1) is 0 Å². The predicted octanol–water partition coefficient (Wildman–Crippen LogP) is 4.37. The number of nitrogens with one attached hydrogen (secondary N) is 2. The number of carbonyl (C=O) groups is 3. The molecule has 2 unspecified atom stereocenters. The molecule has 7 nitrogen and oxygen atoms in total. The number of hydrogen-bond acceptors (Lipinski definition) is 4. The van der Waals surface area contributed by atoms with Crippen LogP contribution < -0.4 is 10.6 Å². The summed E-state index contributed by atoms with van der Waals surface area (Å²) in [5.74, 6) is -1.67. The molecule has 1 saturated carbocycles. The Balaban J connectivity index is 1.20. The minimum atomic E-state index is -0.887. The van der Waals surface area contributed by atoms with Crippen LogP contribution in [0.25, 0.3) is 11.1 Å². The van der Waals surface area contributed by atoms with E-state index in [0.717, 1.165) is 24.0 Å². The molecule has 0 radical (unpaired) electrons. The molecule has 5 rings (SSSR count). The molecule has 0 aromatic heterocycles. The van der Waals surface area contributed by atoms with Gasteiger partial charge in [-0.1, -0.05) is 73.5 Å². The molecule has 2 aromatic rings. The van der Waals surface area contributed by atoms with Gasteiger partial charge in [-0.05, 0) is 41.5 Å². The van der Waals surface area contributed by atoms with Crippen molar-refractivity contribution < 1.29 is 24.2 Å². The van der Waals surface area contributed by atoms with Crippen LogP contribution in [0.15, 0.2) is 60.7 Å². The number of benzene rings is 2. The molecule has 35 heavy (non-hydrogen) atoms. The number of aliphatic carboxylic acids is 1. The highest BCUT2D eigenvalue weighted by Crippen LogP contribution is 2.44. The van der Waals surface area contributed by atoms with Gasteiger partial charge in [0.05, 0.1) is 11.5 Å². The minimum absolute atomic E-state index is 0.0210. The van der Waals surface area contributed by atoms with Crippen LogP contribution in [0.5, 0.6) is 0 Å². The number of carbonyl (C=O) groups excluding carboxylic acids is 2. The van der Waals surface area contributed by atoms with Gasteiger partial charge >= 0.3 is 12.1 Å². The lowest BCUT2D eigenvalue weighted by molar-refractivity contribution is -0.140. The van der Waals surface area contributed by atoms with E-state index in [1.54, 1.807) is 12.2 Å². The van der Waals surface area contributed by atoms with Gasteiger partial charge in [0.2, 0.25) is 5.91 Å². The number of carboxylic acids is 1. The lowest BCUT2D eigenvalue weighted by Gasteiger charge is -2.30. The summed E-state index contributed by atoms with van der Waals surface area (Å²) in [6, 6.07) is 16.1. The van der Waals surface area contributed by atoms with Gasteiger partial charge < -0.3 is 20.5 Å². The van der Waals surface area contributed by atoms with E-state index >= 15 is 0 Å². The molecule has 0 saturated heterocycles. The number of ether oxygens (including phenoxy) is 1. The molecule has 2 atom stereocenters. The molecule has 2 amide bonds. The summed E-state index contributed by atoms with van der Waals surface area (Å²) in [5.41, 5.74) is 4.02. The minimum Gasteiger partial charge on any atom is -0.481 e. The molecule has 0 spiro atoms. The van der Waals surface area contributed by atoms with Gasteiger partial charge in [0.25, 0.3) is 0 Å². The fourth-order valence-electron chi connectivity index (χ4n) is 5.80. The largest absolute Gasteiger partial charge is 0.481 e. The van der Waals surface area contributed by atoms with Crippen LogP contribution in [0.2, 0.25) is 0 Å². The van der Waals surface area contributed by atoms with Gasteiger partial charge in [0.1, 0.15) is 6.61 Å². The lowest BCUT2D eigenvalue weighted by Crippen LogP contribution is -2.50. The highest BCUT2D eigenvalue weighted by Gasteiger charge is 2.39. The average molecular weight is 475 g/mol. The van der Waals surface area contributed by atoms with Crippen LogP contribution in [0.3, 0.4) is 0 Å². The highest BCUT2D eigenvalue weighted by atomic mass is 16.5. The molecular formula is C28H30N2O5. The molecule has 0 heterocycles. The standard InChI is InChI=1S/C28H30N2O5/c31-25(29-19-12-11-18(15-19)26(32)33)16-28(13-5-6-14-28)30-27(34)35-17-24-22-9-3-1-7-20(22)21-8-2-4-10-23(21)24/h1-4,7-12,18-19,24H,5-6,13-17H2,(H,29,31)(H,30,34)(H,32,33). The number of rotatable bonds is 7. The monoisotopic (exact) mass is 474 g/mol. The van der Waals surface area contributed by atoms with Gasteiger partial charge in [-0.2, -0.15) is 0 Å². The maximum atomic E-state index is 12.9. The zero-order valence-electron chi connectivity index (χ0n) is 19.5. The van der Waals surface area contributed by atoms with E-state index in [-0.39, 0.29) is 30.9 Å². The van der Waals surface area contributed by atoms with E-state index in [2.05, 4.69) is 34.9 Å². The fraction of sp³-hybridized carbons (Fsp3) is 0.393. The van der Waals surface area contributed by atoms with E-state index in [4.69, 9.17) is 9.84 Å². The number of carboxylic acid groups (broad SMARTS) is 1. The smallest absolute Gasteiger partial charge is 0.407 e. The van der Waals surface area contributed by atoms with Crippen molar-refractivity contribution in [2.24, 2.45) is 5.92 Å². The lowest BCUT2D eigenvalue weighted by atomic mass is 9.92. The first-order valence-electron chi connectivity index (χ1n) is 12.3. The summed E-state index contributed by atoms with van der Waals surface area (Å²) < 4.78 is 5.72. The predicted molar refractivity (Wildman–Crippen MR) is 131 cm³/mol. The highest BCUT2D eigenvalue weighted by molar-refractivity contribution is 5.81. The number of alkyl carbamates (subject to hydrolysis) is 1. The van der Waals surface area contributed by atoms with Crippen LogP contribution >= 0.6 is 0 Å². The molecule has 3 N–H and O–H groups in total. The first kappa shape index (κ1) is 23.1. The second kappa shape index (κ2) is 9.56. The van der Waals surface area contributed by atoms with Gasteiger partial charge in [-0.25, -0.2) is 4.79 Å².